The number of anilines is 1. The number of phenols is 1. The average molecular weight is 225 g/mol. The van der Waals surface area contributed by atoms with Gasteiger partial charge in [0, 0.05) is 6.07 Å². The number of halogens is 1. The summed E-state index contributed by atoms with van der Waals surface area (Å²) < 4.78 is 12.1. The predicted octanol–water partition coefficient (Wildman–Crippen LogP) is 3.70. The van der Waals surface area contributed by atoms with Crippen LogP contribution >= 0.6 is 0 Å². The van der Waals surface area contributed by atoms with E-state index >= 15 is 0 Å². The first-order chi connectivity index (χ1) is 7.59. The third-order valence-electron chi connectivity index (χ3n) is 2.89. The van der Waals surface area contributed by atoms with E-state index in [1.165, 1.54) is 44.2 Å². The molecule has 0 radical (unpaired) electrons. The molecule has 16 heavy (non-hydrogen) atoms. The maximum Gasteiger partial charge on any atom is 0.141 e. The Hall–Kier alpha value is -1.25. The van der Waals surface area contributed by atoms with Crippen molar-refractivity contribution in [1.29, 1.82) is 0 Å². The molecule has 0 spiro atoms. The van der Waals surface area contributed by atoms with Crippen molar-refractivity contribution in [2.75, 3.05) is 5.73 Å². The number of nitrogen functional groups attached to an aromatic ring is 1. The molecule has 0 aliphatic heterocycles. The van der Waals surface area contributed by atoms with Crippen molar-refractivity contribution >= 4 is 5.69 Å². The van der Waals surface area contributed by atoms with Crippen LogP contribution in [0.5, 0.6) is 5.75 Å². The van der Waals surface area contributed by atoms with E-state index < -0.39 is 5.82 Å². The Morgan fingerprint density at radius 1 is 1.25 bits per heavy atom. The Labute approximate surface area is 96.3 Å². The monoisotopic (exact) mass is 225 g/mol. The molecule has 0 amide bonds. The topological polar surface area (TPSA) is 46.2 Å². The van der Waals surface area contributed by atoms with Crippen LogP contribution in [0.25, 0.3) is 0 Å². The lowest BCUT2D eigenvalue weighted by Crippen LogP contribution is -1.99. The highest BCUT2D eigenvalue weighted by Gasteiger charge is 2.05. The summed E-state index contributed by atoms with van der Waals surface area (Å²) in [4.78, 5) is 0. The van der Waals surface area contributed by atoms with Gasteiger partial charge in [-0.2, -0.15) is 0 Å². The van der Waals surface area contributed by atoms with E-state index in [4.69, 9.17) is 10.8 Å². The molecule has 0 saturated heterocycles. The molecule has 0 bridgehead atoms. The van der Waals surface area contributed by atoms with Gasteiger partial charge in [0.05, 0.1) is 5.69 Å². The van der Waals surface area contributed by atoms with Gasteiger partial charge in [-0.3, -0.25) is 0 Å². The van der Waals surface area contributed by atoms with Crippen LogP contribution in [0.4, 0.5) is 10.1 Å². The Bertz CT molecular complexity index is 322. The van der Waals surface area contributed by atoms with Gasteiger partial charge < -0.3 is 10.8 Å². The maximum absolute atomic E-state index is 12.1. The van der Waals surface area contributed by atoms with Crippen LogP contribution in [0.15, 0.2) is 18.2 Å². The number of phenolic OH excluding ortho intramolecular Hbond substituents is 1. The molecule has 1 aromatic carbocycles. The standard InChI is InChI=1S/C7H14.C6H6FNO/c1-7-5-3-2-4-6-7;7-4-1-2-5(8)6(9)3-4/h7H,2-6H2,1H3;1-3,9H,8H2. The molecule has 3 N–H and O–H groups in total. The van der Waals surface area contributed by atoms with Crippen LogP contribution in [0.2, 0.25) is 0 Å². The van der Waals surface area contributed by atoms with Crippen LogP contribution in [-0.4, -0.2) is 5.11 Å². The van der Waals surface area contributed by atoms with Crippen LogP contribution < -0.4 is 5.73 Å². The first-order valence-electron chi connectivity index (χ1n) is 5.83. The van der Waals surface area contributed by atoms with E-state index in [1.54, 1.807) is 0 Å². The Kier molecular flexibility index (Phi) is 5.09. The number of nitrogens with two attached hydrogens (primary N) is 1. The van der Waals surface area contributed by atoms with Gasteiger partial charge in [0.2, 0.25) is 0 Å². The number of benzene rings is 1. The van der Waals surface area contributed by atoms with Crippen LogP contribution in [0.3, 0.4) is 0 Å². The molecule has 0 aromatic heterocycles. The first-order valence-corrected chi connectivity index (χ1v) is 5.83. The third-order valence-corrected chi connectivity index (χ3v) is 2.89. The zero-order chi connectivity index (χ0) is 12.0. The van der Waals surface area contributed by atoms with Crippen LogP contribution in [-0.2, 0) is 0 Å². The van der Waals surface area contributed by atoms with Gasteiger partial charge in [-0.1, -0.05) is 39.0 Å². The summed E-state index contributed by atoms with van der Waals surface area (Å²) in [5.74, 6) is 0.338. The van der Waals surface area contributed by atoms with Crippen molar-refractivity contribution in [3.63, 3.8) is 0 Å². The highest BCUT2D eigenvalue weighted by molar-refractivity contribution is 5.50. The van der Waals surface area contributed by atoms with Crippen LogP contribution in [0, 0.1) is 11.7 Å². The average Bonchev–Trinajstić information content (AvgIpc) is 2.26. The second-order valence-electron chi connectivity index (χ2n) is 4.45. The highest BCUT2D eigenvalue weighted by Crippen LogP contribution is 2.22. The largest absolute Gasteiger partial charge is 0.506 e. The fraction of sp³-hybridized carbons (Fsp3) is 0.538. The molecule has 1 fully saturated rings. The molecule has 2 nitrogen and oxygen atoms in total. The summed E-state index contributed by atoms with van der Waals surface area (Å²) in [5.41, 5.74) is 5.36. The SMILES string of the molecule is CC1CCCCC1.Nc1ccc(F)cc1O. The zero-order valence-electron chi connectivity index (χ0n) is 9.75. The minimum absolute atomic E-state index is 0.191. The summed E-state index contributed by atoms with van der Waals surface area (Å²) in [6.07, 6.45) is 7.44. The highest BCUT2D eigenvalue weighted by atomic mass is 19.1. The van der Waals surface area contributed by atoms with Crippen molar-refractivity contribution in [1.82, 2.24) is 0 Å². The third kappa shape index (κ3) is 4.51. The van der Waals surface area contributed by atoms with Gasteiger partial charge in [-0.15, -0.1) is 0 Å². The van der Waals surface area contributed by atoms with Crippen molar-refractivity contribution in [2.24, 2.45) is 5.92 Å². The minimum Gasteiger partial charge on any atom is -0.506 e. The number of aromatic hydroxyl groups is 1. The summed E-state index contributed by atoms with van der Waals surface area (Å²) in [6.45, 7) is 2.36. The molecule has 0 atom stereocenters. The maximum atomic E-state index is 12.1. The molecule has 0 heterocycles. The number of hydrogen-bond donors (Lipinski definition) is 2. The number of rotatable bonds is 0. The quantitative estimate of drug-likeness (QED) is 0.522. The Morgan fingerprint density at radius 3 is 2.25 bits per heavy atom. The molecule has 0 unspecified atom stereocenters. The van der Waals surface area contributed by atoms with E-state index in [-0.39, 0.29) is 11.4 Å². The number of hydrogen-bond acceptors (Lipinski definition) is 2. The first kappa shape index (κ1) is 12.8. The summed E-state index contributed by atoms with van der Waals surface area (Å²) in [7, 11) is 0. The van der Waals surface area contributed by atoms with Gasteiger partial charge in [0.1, 0.15) is 11.6 Å². The van der Waals surface area contributed by atoms with E-state index in [9.17, 15) is 4.39 Å². The van der Waals surface area contributed by atoms with Gasteiger partial charge >= 0.3 is 0 Å². The summed E-state index contributed by atoms with van der Waals surface area (Å²) in [5, 5.41) is 8.74. The van der Waals surface area contributed by atoms with Crippen molar-refractivity contribution in [3.8, 4) is 5.75 Å². The van der Waals surface area contributed by atoms with Gasteiger partial charge in [0.15, 0.2) is 0 Å². The Morgan fingerprint density at radius 2 is 1.88 bits per heavy atom. The van der Waals surface area contributed by atoms with Gasteiger partial charge in [-0.05, 0) is 18.1 Å². The zero-order valence-corrected chi connectivity index (χ0v) is 9.75. The van der Waals surface area contributed by atoms with E-state index in [0.29, 0.717) is 0 Å². The van der Waals surface area contributed by atoms with E-state index in [0.717, 1.165) is 12.0 Å². The fourth-order valence-electron chi connectivity index (χ4n) is 1.82. The second-order valence-corrected chi connectivity index (χ2v) is 4.45. The fourth-order valence-corrected chi connectivity index (χ4v) is 1.82. The van der Waals surface area contributed by atoms with E-state index in [2.05, 4.69) is 6.92 Å². The van der Waals surface area contributed by atoms with Gasteiger partial charge in [0.25, 0.3) is 0 Å². The molecule has 90 valence electrons. The normalized spacial score (nSPS) is 16.4. The molecular weight excluding hydrogens is 205 g/mol. The van der Waals surface area contributed by atoms with Crippen LogP contribution in [0.1, 0.15) is 39.0 Å². The molecule has 1 aromatic rings. The molecule has 1 aliphatic rings. The minimum atomic E-state index is -0.485. The van der Waals surface area contributed by atoms with Crippen molar-refractivity contribution in [2.45, 2.75) is 39.0 Å². The summed E-state index contributed by atoms with van der Waals surface area (Å²) >= 11 is 0. The molecule has 3 heteroatoms. The predicted molar refractivity (Wildman–Crippen MR) is 64.7 cm³/mol. The van der Waals surface area contributed by atoms with Gasteiger partial charge in [-0.25, -0.2) is 4.39 Å². The lowest BCUT2D eigenvalue weighted by Gasteiger charge is -2.15. The van der Waals surface area contributed by atoms with Crippen molar-refractivity contribution in [3.05, 3.63) is 24.0 Å². The Balaban J connectivity index is 0.000000165. The van der Waals surface area contributed by atoms with E-state index in [1.807, 2.05) is 0 Å². The molecular formula is C13H20FNO. The molecule has 1 aliphatic carbocycles. The lowest BCUT2D eigenvalue weighted by atomic mass is 9.91. The summed E-state index contributed by atoms with van der Waals surface area (Å²) in [6, 6.07) is 3.47. The second kappa shape index (κ2) is 6.36. The smallest absolute Gasteiger partial charge is 0.141 e. The van der Waals surface area contributed by atoms with Crippen molar-refractivity contribution < 1.29 is 9.50 Å². The molecule has 1 saturated carbocycles. The lowest BCUT2D eigenvalue weighted by molar-refractivity contribution is 0.385. The molecule has 2 rings (SSSR count).